The average molecular weight is 342 g/mol. The van der Waals surface area contributed by atoms with Gasteiger partial charge in [0.15, 0.2) is 0 Å². The number of hydrogen-bond donors (Lipinski definition) is 3. The van der Waals surface area contributed by atoms with E-state index >= 15 is 0 Å². The lowest BCUT2D eigenvalue weighted by Gasteiger charge is -2.26. The Labute approximate surface area is 145 Å². The monoisotopic (exact) mass is 342 g/mol. The predicted molar refractivity (Wildman–Crippen MR) is 93.4 cm³/mol. The summed E-state index contributed by atoms with van der Waals surface area (Å²) in [5, 5.41) is 15.5. The van der Waals surface area contributed by atoms with Gasteiger partial charge in [-0.2, -0.15) is 0 Å². The molecule has 0 spiro atoms. The molecule has 1 aliphatic carbocycles. The van der Waals surface area contributed by atoms with Gasteiger partial charge in [-0.3, -0.25) is 9.59 Å². The van der Waals surface area contributed by atoms with E-state index in [9.17, 15) is 14.7 Å². The molecular weight excluding hydrogens is 308 g/mol. The maximum Gasteiger partial charge on any atom is 0.228 e. The topological polar surface area (TPSA) is 87.7 Å². The highest BCUT2D eigenvalue weighted by Gasteiger charge is 2.68. The quantitative estimate of drug-likeness (QED) is 0.590. The number of nitrogens with one attached hydrogen (secondary N) is 2. The van der Waals surface area contributed by atoms with Gasteiger partial charge in [0.2, 0.25) is 11.8 Å². The van der Waals surface area contributed by atoms with E-state index < -0.39 is 11.5 Å². The fourth-order valence-electron chi connectivity index (χ4n) is 3.32. The Morgan fingerprint density at radius 2 is 1.67 bits per heavy atom. The molecule has 0 aromatic rings. The van der Waals surface area contributed by atoms with Gasteiger partial charge in [-0.25, -0.2) is 0 Å². The second kappa shape index (κ2) is 7.40. The molecule has 0 bridgehead atoms. The van der Waals surface area contributed by atoms with Gasteiger partial charge in [-0.05, 0) is 24.2 Å². The molecule has 0 aromatic heterocycles. The minimum Gasteiger partial charge on any atom is -0.389 e. The average Bonchev–Trinajstić information content (AvgIpc) is 2.91. The molecule has 140 valence electrons. The first-order valence-corrected chi connectivity index (χ1v) is 8.67. The first kappa shape index (κ1) is 20.9. The summed E-state index contributed by atoms with van der Waals surface area (Å²) in [7, 11) is 1.56. The van der Waals surface area contributed by atoms with E-state index in [4.69, 9.17) is 4.74 Å². The zero-order valence-corrected chi connectivity index (χ0v) is 16.2. The summed E-state index contributed by atoms with van der Waals surface area (Å²) in [6.07, 6.45) is -0.169. The Kier molecular flexibility index (Phi) is 6.44. The van der Waals surface area contributed by atoms with Crippen molar-refractivity contribution in [1.82, 2.24) is 10.6 Å². The van der Waals surface area contributed by atoms with Crippen molar-refractivity contribution in [2.75, 3.05) is 26.8 Å². The lowest BCUT2D eigenvalue weighted by Crippen LogP contribution is -2.46. The van der Waals surface area contributed by atoms with Crippen molar-refractivity contribution in [3.05, 3.63) is 0 Å². The molecular formula is C18H34N2O4. The minimum absolute atomic E-state index is 0.0284. The minimum atomic E-state index is -0.813. The van der Waals surface area contributed by atoms with E-state index in [0.29, 0.717) is 13.0 Å². The van der Waals surface area contributed by atoms with Crippen LogP contribution < -0.4 is 10.6 Å². The summed E-state index contributed by atoms with van der Waals surface area (Å²) >= 11 is 0. The third kappa shape index (κ3) is 4.09. The Balaban J connectivity index is 2.39. The van der Waals surface area contributed by atoms with Crippen LogP contribution in [0.2, 0.25) is 0 Å². The van der Waals surface area contributed by atoms with Gasteiger partial charge >= 0.3 is 0 Å². The number of rotatable bonds is 9. The molecule has 0 aliphatic heterocycles. The third-order valence-electron chi connectivity index (χ3n) is 6.08. The molecule has 2 unspecified atom stereocenters. The molecule has 1 saturated carbocycles. The number of aliphatic hydroxyl groups excluding tert-OH is 1. The highest BCUT2D eigenvalue weighted by atomic mass is 16.5. The summed E-state index contributed by atoms with van der Waals surface area (Å²) in [6, 6.07) is 0. The second-order valence-electron chi connectivity index (χ2n) is 8.33. The fraction of sp³-hybridized carbons (Fsp3) is 0.889. The molecule has 0 heterocycles. The van der Waals surface area contributed by atoms with Crippen LogP contribution in [0, 0.1) is 22.2 Å². The summed E-state index contributed by atoms with van der Waals surface area (Å²) in [5.41, 5.74) is -0.668. The van der Waals surface area contributed by atoms with Crippen LogP contribution in [0.5, 0.6) is 0 Å². The summed E-state index contributed by atoms with van der Waals surface area (Å²) in [4.78, 5) is 24.5. The van der Waals surface area contributed by atoms with Crippen molar-refractivity contribution >= 4 is 11.8 Å². The van der Waals surface area contributed by atoms with Crippen molar-refractivity contribution in [3.8, 4) is 0 Å². The van der Waals surface area contributed by atoms with Gasteiger partial charge in [-0.15, -0.1) is 0 Å². The van der Waals surface area contributed by atoms with E-state index in [0.717, 1.165) is 0 Å². The van der Waals surface area contributed by atoms with Crippen LogP contribution in [0.15, 0.2) is 0 Å². The number of hydrogen-bond acceptors (Lipinski definition) is 4. The number of aliphatic hydroxyl groups is 1. The summed E-state index contributed by atoms with van der Waals surface area (Å²) < 4.78 is 5.10. The molecule has 0 aromatic carbocycles. The zero-order chi connectivity index (χ0) is 18.8. The van der Waals surface area contributed by atoms with Crippen LogP contribution in [-0.2, 0) is 14.3 Å². The molecule has 0 radical (unpaired) electrons. The molecule has 1 aliphatic rings. The smallest absolute Gasteiger partial charge is 0.228 e. The van der Waals surface area contributed by atoms with Crippen LogP contribution in [0.3, 0.4) is 0 Å². The van der Waals surface area contributed by atoms with Crippen LogP contribution in [0.4, 0.5) is 0 Å². The number of methoxy groups -OCH3 is 1. The standard InChI is InChI=1S/C18H34N2O4/c1-8-18(6,11-24-7)15(23)20-10-12(21)9-19-14(22)13-16(2,3)17(13,4)5/h12-13,21H,8-11H2,1-7H3,(H,19,22)(H,20,23). The zero-order valence-electron chi connectivity index (χ0n) is 16.2. The molecule has 24 heavy (non-hydrogen) atoms. The van der Waals surface area contributed by atoms with E-state index in [2.05, 4.69) is 38.3 Å². The normalized spacial score (nSPS) is 22.3. The van der Waals surface area contributed by atoms with Crippen molar-refractivity contribution in [2.45, 2.75) is 54.1 Å². The van der Waals surface area contributed by atoms with E-state index in [1.807, 2.05) is 13.8 Å². The third-order valence-corrected chi connectivity index (χ3v) is 6.08. The van der Waals surface area contributed by atoms with Crippen LogP contribution >= 0.6 is 0 Å². The molecule has 2 atom stereocenters. The highest BCUT2D eigenvalue weighted by Crippen LogP contribution is 2.68. The van der Waals surface area contributed by atoms with Gasteiger partial charge in [0.25, 0.3) is 0 Å². The first-order valence-electron chi connectivity index (χ1n) is 8.67. The maximum atomic E-state index is 12.2. The molecule has 2 amide bonds. The number of amides is 2. The number of carbonyl (C=O) groups is 2. The lowest BCUT2D eigenvalue weighted by atomic mass is 9.87. The first-order chi connectivity index (χ1) is 10.9. The number of ether oxygens (including phenoxy) is 1. The van der Waals surface area contributed by atoms with Crippen LogP contribution in [0.1, 0.15) is 48.0 Å². The number of carbonyl (C=O) groups excluding carboxylic acids is 2. The van der Waals surface area contributed by atoms with E-state index in [1.54, 1.807) is 7.11 Å². The van der Waals surface area contributed by atoms with Crippen molar-refractivity contribution < 1.29 is 19.4 Å². The fourth-order valence-corrected chi connectivity index (χ4v) is 3.32. The molecule has 1 rings (SSSR count). The van der Waals surface area contributed by atoms with Gasteiger partial charge in [-0.1, -0.05) is 34.6 Å². The molecule has 6 heteroatoms. The van der Waals surface area contributed by atoms with Crippen molar-refractivity contribution in [1.29, 1.82) is 0 Å². The van der Waals surface area contributed by atoms with Crippen molar-refractivity contribution in [2.24, 2.45) is 22.2 Å². The summed E-state index contributed by atoms with van der Waals surface area (Å²) in [6.45, 7) is 12.6. The predicted octanol–water partition coefficient (Wildman–Crippen LogP) is 1.32. The lowest BCUT2D eigenvalue weighted by molar-refractivity contribution is -0.133. The van der Waals surface area contributed by atoms with E-state index in [-0.39, 0.29) is 41.7 Å². The van der Waals surface area contributed by atoms with Crippen molar-refractivity contribution in [3.63, 3.8) is 0 Å². The maximum absolute atomic E-state index is 12.2. The highest BCUT2D eigenvalue weighted by molar-refractivity contribution is 5.84. The Hall–Kier alpha value is -1.14. The van der Waals surface area contributed by atoms with Crippen LogP contribution in [-0.4, -0.2) is 49.8 Å². The largest absolute Gasteiger partial charge is 0.389 e. The molecule has 6 nitrogen and oxygen atoms in total. The Morgan fingerprint density at radius 1 is 1.17 bits per heavy atom. The van der Waals surface area contributed by atoms with Gasteiger partial charge in [0.1, 0.15) is 0 Å². The second-order valence-corrected chi connectivity index (χ2v) is 8.33. The molecule has 3 N–H and O–H groups in total. The SMILES string of the molecule is CCC(C)(COC)C(=O)NCC(O)CNC(=O)C1C(C)(C)C1(C)C. The Morgan fingerprint density at radius 3 is 2.08 bits per heavy atom. The molecule has 1 fully saturated rings. The van der Waals surface area contributed by atoms with Gasteiger partial charge in [0, 0.05) is 26.1 Å². The molecule has 0 saturated heterocycles. The van der Waals surface area contributed by atoms with E-state index in [1.165, 1.54) is 0 Å². The summed E-state index contributed by atoms with van der Waals surface area (Å²) in [5.74, 6) is -0.230. The van der Waals surface area contributed by atoms with Gasteiger partial charge < -0.3 is 20.5 Å². The Bertz CT molecular complexity index is 462. The van der Waals surface area contributed by atoms with Crippen LogP contribution in [0.25, 0.3) is 0 Å². The van der Waals surface area contributed by atoms with Gasteiger partial charge in [0.05, 0.1) is 18.1 Å².